The first-order valence-corrected chi connectivity index (χ1v) is 8.28. The Morgan fingerprint density at radius 1 is 1.08 bits per heavy atom. The van der Waals surface area contributed by atoms with Crippen molar-refractivity contribution in [1.29, 1.82) is 0 Å². The van der Waals surface area contributed by atoms with Gasteiger partial charge in [0, 0.05) is 0 Å². The molecule has 25 heavy (non-hydrogen) atoms. The van der Waals surface area contributed by atoms with Crippen LogP contribution in [0.5, 0.6) is 0 Å². The van der Waals surface area contributed by atoms with Crippen molar-refractivity contribution < 1.29 is 18.4 Å². The van der Waals surface area contributed by atoms with Crippen molar-refractivity contribution in [3.05, 3.63) is 70.2 Å². The summed E-state index contributed by atoms with van der Waals surface area (Å²) in [5, 5.41) is 5.74. The molecule has 0 aliphatic carbocycles. The van der Waals surface area contributed by atoms with Crippen LogP contribution in [0.3, 0.4) is 0 Å². The molecule has 0 spiro atoms. The van der Waals surface area contributed by atoms with Gasteiger partial charge in [0.05, 0.1) is 21.8 Å². The van der Waals surface area contributed by atoms with E-state index in [9.17, 15) is 14.0 Å². The number of rotatable bonds is 4. The zero-order valence-electron chi connectivity index (χ0n) is 13.6. The molecule has 0 bridgehead atoms. The predicted octanol–water partition coefficient (Wildman–Crippen LogP) is 4.60. The molecule has 7 heteroatoms. The fraction of sp³-hybridized carbons (Fsp3) is 0.111. The summed E-state index contributed by atoms with van der Waals surface area (Å²) in [4.78, 5) is 24.8. The molecule has 0 aliphatic heterocycles. The van der Waals surface area contributed by atoms with E-state index < -0.39 is 17.6 Å². The highest BCUT2D eigenvalue weighted by Crippen LogP contribution is 2.28. The summed E-state index contributed by atoms with van der Waals surface area (Å²) in [5.74, 6) is -1.14. The zero-order valence-corrected chi connectivity index (χ0v) is 14.4. The molecule has 0 saturated carbocycles. The van der Waals surface area contributed by atoms with Crippen molar-refractivity contribution >= 4 is 33.8 Å². The molecule has 3 aromatic rings. The maximum Gasteiger partial charge on any atom is 0.291 e. The third-order valence-corrected chi connectivity index (χ3v) is 4.63. The number of benzene rings is 1. The highest BCUT2D eigenvalue weighted by Gasteiger charge is 2.17. The van der Waals surface area contributed by atoms with Crippen LogP contribution in [0.2, 0.25) is 0 Å². The number of hydrogen-bond acceptors (Lipinski definition) is 4. The van der Waals surface area contributed by atoms with Gasteiger partial charge in [0.15, 0.2) is 5.76 Å². The molecule has 0 fully saturated rings. The number of carbonyl (C=O) groups is 2. The Hall–Kier alpha value is -2.93. The Bertz CT molecular complexity index is 932. The minimum Gasteiger partial charge on any atom is -0.459 e. The van der Waals surface area contributed by atoms with E-state index in [0.717, 1.165) is 16.9 Å². The van der Waals surface area contributed by atoms with E-state index >= 15 is 0 Å². The van der Waals surface area contributed by atoms with Gasteiger partial charge in [-0.2, -0.15) is 0 Å². The molecule has 3 rings (SSSR count). The van der Waals surface area contributed by atoms with Gasteiger partial charge < -0.3 is 15.1 Å². The number of amides is 2. The molecule has 0 unspecified atom stereocenters. The maximum atomic E-state index is 13.9. The normalized spacial score (nSPS) is 10.5. The molecule has 2 aromatic heterocycles. The number of carbonyl (C=O) groups excluding carboxylic acids is 2. The molecule has 0 radical (unpaired) electrons. The number of hydrogen-bond donors (Lipinski definition) is 2. The highest BCUT2D eigenvalue weighted by molar-refractivity contribution is 7.18. The van der Waals surface area contributed by atoms with Crippen LogP contribution in [0.4, 0.5) is 15.1 Å². The first-order valence-electron chi connectivity index (χ1n) is 7.47. The van der Waals surface area contributed by atoms with E-state index in [4.69, 9.17) is 4.42 Å². The van der Waals surface area contributed by atoms with Gasteiger partial charge in [0.1, 0.15) is 5.82 Å². The van der Waals surface area contributed by atoms with Crippen LogP contribution in [0.25, 0.3) is 0 Å². The van der Waals surface area contributed by atoms with Gasteiger partial charge in [-0.3, -0.25) is 9.59 Å². The van der Waals surface area contributed by atoms with E-state index in [1.807, 2.05) is 0 Å². The van der Waals surface area contributed by atoms with E-state index in [0.29, 0.717) is 15.4 Å². The van der Waals surface area contributed by atoms with E-state index in [-0.39, 0.29) is 11.4 Å². The summed E-state index contributed by atoms with van der Waals surface area (Å²) >= 11 is 1.11. The average molecular weight is 358 g/mol. The fourth-order valence-electron chi connectivity index (χ4n) is 2.25. The van der Waals surface area contributed by atoms with Gasteiger partial charge in [0.25, 0.3) is 11.8 Å². The lowest BCUT2D eigenvalue weighted by Gasteiger charge is -2.06. The largest absolute Gasteiger partial charge is 0.459 e. The first kappa shape index (κ1) is 16.9. The van der Waals surface area contributed by atoms with Crippen LogP contribution in [-0.2, 0) is 0 Å². The molecular formula is C18H15FN2O3S. The SMILES string of the molecule is Cc1ccc(NC(=O)c2sc(NC(=O)c3ccco3)cc2C)c(F)c1. The van der Waals surface area contributed by atoms with Crippen LogP contribution in [0.1, 0.15) is 31.4 Å². The number of furan rings is 1. The first-order chi connectivity index (χ1) is 11.9. The Labute approximate surface area is 147 Å². The van der Waals surface area contributed by atoms with Crippen LogP contribution < -0.4 is 10.6 Å². The van der Waals surface area contributed by atoms with E-state index in [1.54, 1.807) is 38.1 Å². The Balaban J connectivity index is 1.75. The van der Waals surface area contributed by atoms with Crippen molar-refractivity contribution in [1.82, 2.24) is 0 Å². The van der Waals surface area contributed by atoms with Crippen molar-refractivity contribution in [2.45, 2.75) is 13.8 Å². The van der Waals surface area contributed by atoms with E-state index in [1.165, 1.54) is 18.4 Å². The van der Waals surface area contributed by atoms with Gasteiger partial charge in [-0.25, -0.2) is 4.39 Å². The summed E-state index contributed by atoms with van der Waals surface area (Å²) in [7, 11) is 0. The Kier molecular flexibility index (Phi) is 4.67. The average Bonchev–Trinajstić information content (AvgIpc) is 3.20. The minimum atomic E-state index is -0.492. The molecule has 1 aromatic carbocycles. The third-order valence-electron chi connectivity index (χ3n) is 3.48. The quantitative estimate of drug-likeness (QED) is 0.716. The summed E-state index contributed by atoms with van der Waals surface area (Å²) in [6.45, 7) is 3.52. The molecule has 128 valence electrons. The number of aryl methyl sites for hydroxylation is 2. The number of halogens is 1. The molecule has 0 aliphatic rings. The standard InChI is InChI=1S/C18H15FN2O3S/c1-10-5-6-13(12(19)8-10)20-18(23)16-11(2)9-15(25-16)21-17(22)14-4-3-7-24-14/h3-9H,1-2H3,(H,20,23)(H,21,22). The van der Waals surface area contributed by atoms with Crippen molar-refractivity contribution in [3.63, 3.8) is 0 Å². The molecular weight excluding hydrogens is 343 g/mol. The van der Waals surface area contributed by atoms with Gasteiger partial charge in [-0.05, 0) is 55.3 Å². The predicted molar refractivity (Wildman–Crippen MR) is 94.8 cm³/mol. The van der Waals surface area contributed by atoms with Gasteiger partial charge in [-0.1, -0.05) is 6.07 Å². The smallest absolute Gasteiger partial charge is 0.291 e. The molecule has 0 atom stereocenters. The molecule has 5 nitrogen and oxygen atoms in total. The molecule has 2 heterocycles. The topological polar surface area (TPSA) is 71.3 Å². The number of thiophene rings is 1. The fourth-order valence-corrected chi connectivity index (χ4v) is 3.21. The molecule has 2 amide bonds. The van der Waals surface area contributed by atoms with Gasteiger partial charge >= 0.3 is 0 Å². The van der Waals surface area contributed by atoms with Crippen LogP contribution in [0, 0.1) is 19.7 Å². The lowest BCUT2D eigenvalue weighted by Crippen LogP contribution is -2.12. The van der Waals surface area contributed by atoms with Crippen LogP contribution in [-0.4, -0.2) is 11.8 Å². The summed E-state index contributed by atoms with van der Waals surface area (Å²) in [6, 6.07) is 9.44. The minimum absolute atomic E-state index is 0.115. The zero-order chi connectivity index (χ0) is 18.0. The Morgan fingerprint density at radius 2 is 1.88 bits per heavy atom. The van der Waals surface area contributed by atoms with Crippen molar-refractivity contribution in [2.75, 3.05) is 10.6 Å². The summed E-state index contributed by atoms with van der Waals surface area (Å²) in [6.07, 6.45) is 1.41. The monoisotopic (exact) mass is 358 g/mol. The van der Waals surface area contributed by atoms with Crippen molar-refractivity contribution in [3.8, 4) is 0 Å². The van der Waals surface area contributed by atoms with Crippen LogP contribution in [0.15, 0.2) is 47.1 Å². The second kappa shape index (κ2) is 6.90. The van der Waals surface area contributed by atoms with Crippen molar-refractivity contribution in [2.24, 2.45) is 0 Å². The highest BCUT2D eigenvalue weighted by atomic mass is 32.1. The molecule has 2 N–H and O–H groups in total. The number of nitrogens with one attached hydrogen (secondary N) is 2. The third kappa shape index (κ3) is 3.77. The lowest BCUT2D eigenvalue weighted by molar-refractivity contribution is 0.0995. The lowest BCUT2D eigenvalue weighted by atomic mass is 10.2. The summed E-state index contributed by atoms with van der Waals surface area (Å²) < 4.78 is 18.9. The second-order valence-corrected chi connectivity index (χ2v) is 6.54. The van der Waals surface area contributed by atoms with Gasteiger partial charge in [-0.15, -0.1) is 11.3 Å². The second-order valence-electron chi connectivity index (χ2n) is 5.49. The summed E-state index contributed by atoms with van der Waals surface area (Å²) in [5.41, 5.74) is 1.57. The maximum absolute atomic E-state index is 13.9. The molecule has 0 saturated heterocycles. The Morgan fingerprint density at radius 3 is 2.56 bits per heavy atom. The van der Waals surface area contributed by atoms with Gasteiger partial charge in [0.2, 0.25) is 0 Å². The number of anilines is 2. The van der Waals surface area contributed by atoms with E-state index in [2.05, 4.69) is 10.6 Å². The van der Waals surface area contributed by atoms with Crippen LogP contribution >= 0.6 is 11.3 Å².